The molecule has 0 saturated carbocycles. The number of amides is 2. The first-order valence-electron chi connectivity index (χ1n) is 9.04. The number of fused-ring (bicyclic) bond motifs is 1. The van der Waals surface area contributed by atoms with Crippen molar-refractivity contribution in [1.82, 2.24) is 35.3 Å². The molecule has 9 nitrogen and oxygen atoms in total. The first kappa shape index (κ1) is 19.1. The number of nitrogens with one attached hydrogen (secondary N) is 3. The molecule has 0 saturated heterocycles. The average molecular weight is 373 g/mol. The van der Waals surface area contributed by atoms with Crippen LogP contribution in [0, 0.1) is 5.41 Å². The molecule has 0 radical (unpaired) electrons. The molecule has 1 aliphatic rings. The molecule has 3 N–H and O–H groups in total. The number of nitrogens with zero attached hydrogens (tertiary/aromatic N) is 4. The maximum Gasteiger partial charge on any atom is 0.272 e. The van der Waals surface area contributed by atoms with Crippen molar-refractivity contribution in [2.24, 2.45) is 12.5 Å². The first-order valence-corrected chi connectivity index (χ1v) is 9.04. The molecule has 0 aromatic carbocycles. The third-order valence-electron chi connectivity index (χ3n) is 4.71. The predicted molar refractivity (Wildman–Crippen MR) is 101 cm³/mol. The van der Waals surface area contributed by atoms with Crippen LogP contribution in [0.25, 0.3) is 11.4 Å². The van der Waals surface area contributed by atoms with E-state index >= 15 is 0 Å². The Hall–Kier alpha value is -2.68. The van der Waals surface area contributed by atoms with Crippen molar-refractivity contribution in [3.05, 3.63) is 23.8 Å². The molecule has 27 heavy (non-hydrogen) atoms. The van der Waals surface area contributed by atoms with Crippen molar-refractivity contribution >= 4 is 11.8 Å². The quantitative estimate of drug-likeness (QED) is 0.714. The second-order valence-electron chi connectivity index (χ2n) is 7.85. The predicted octanol–water partition coefficient (Wildman–Crippen LogP) is 0.277. The van der Waals surface area contributed by atoms with Gasteiger partial charge in [-0.05, 0) is 5.41 Å². The summed E-state index contributed by atoms with van der Waals surface area (Å²) in [7, 11) is 3.41. The number of imidazole rings is 1. The SMILES string of the molecule is CNC(=O)[C@@H](NC(=O)c1nc(-c2cnn(C)c2)n2c1CNCC2)C(C)(C)C. The van der Waals surface area contributed by atoms with Gasteiger partial charge in [0, 0.05) is 39.9 Å². The highest BCUT2D eigenvalue weighted by atomic mass is 16.2. The Kier molecular flexibility index (Phi) is 5.05. The van der Waals surface area contributed by atoms with Crippen LogP contribution >= 0.6 is 0 Å². The van der Waals surface area contributed by atoms with E-state index in [0.29, 0.717) is 12.2 Å². The number of carbonyl (C=O) groups is 2. The standard InChI is InChI=1S/C18H27N7O2/c1-18(2,3)14(17(27)19-4)23-16(26)13-12-9-20-6-7-25(12)15(22-13)11-8-21-24(5)10-11/h8,10,14,20H,6-7,9H2,1-5H3,(H,19,27)(H,23,26)/t14-/m1/s1. The fourth-order valence-electron chi connectivity index (χ4n) is 3.26. The smallest absolute Gasteiger partial charge is 0.272 e. The Bertz CT molecular complexity index is 860. The second kappa shape index (κ2) is 7.15. The van der Waals surface area contributed by atoms with E-state index < -0.39 is 11.5 Å². The Labute approximate surface area is 158 Å². The molecule has 0 spiro atoms. The van der Waals surface area contributed by atoms with Crippen LogP contribution < -0.4 is 16.0 Å². The zero-order valence-electron chi connectivity index (χ0n) is 16.5. The lowest BCUT2D eigenvalue weighted by molar-refractivity contribution is -0.124. The third-order valence-corrected chi connectivity index (χ3v) is 4.71. The van der Waals surface area contributed by atoms with E-state index in [-0.39, 0.29) is 11.8 Å². The Morgan fingerprint density at radius 2 is 2.07 bits per heavy atom. The number of aryl methyl sites for hydroxylation is 1. The molecule has 0 unspecified atom stereocenters. The molecule has 0 aliphatic carbocycles. The van der Waals surface area contributed by atoms with Crippen LogP contribution in [0.5, 0.6) is 0 Å². The molecule has 1 aliphatic heterocycles. The third kappa shape index (κ3) is 3.73. The van der Waals surface area contributed by atoms with Gasteiger partial charge in [-0.25, -0.2) is 4.98 Å². The number of carbonyl (C=O) groups excluding carboxylic acids is 2. The largest absolute Gasteiger partial charge is 0.357 e. The van der Waals surface area contributed by atoms with Gasteiger partial charge in [-0.1, -0.05) is 20.8 Å². The Morgan fingerprint density at radius 1 is 1.33 bits per heavy atom. The van der Waals surface area contributed by atoms with Gasteiger partial charge in [0.25, 0.3) is 5.91 Å². The molecule has 1 atom stereocenters. The summed E-state index contributed by atoms with van der Waals surface area (Å²) in [6.07, 6.45) is 3.61. The zero-order chi connectivity index (χ0) is 19.8. The van der Waals surface area contributed by atoms with Crippen molar-refractivity contribution in [2.45, 2.75) is 39.9 Å². The second-order valence-corrected chi connectivity index (χ2v) is 7.85. The van der Waals surface area contributed by atoms with Crippen molar-refractivity contribution < 1.29 is 9.59 Å². The van der Waals surface area contributed by atoms with Crippen molar-refractivity contribution in [3.63, 3.8) is 0 Å². The molecular weight excluding hydrogens is 346 g/mol. The van der Waals surface area contributed by atoms with Crippen LogP contribution in [0.2, 0.25) is 0 Å². The minimum atomic E-state index is -0.661. The van der Waals surface area contributed by atoms with E-state index in [1.54, 1.807) is 17.9 Å². The molecule has 0 bridgehead atoms. The van der Waals surface area contributed by atoms with Crippen LogP contribution in [0.4, 0.5) is 0 Å². The number of hydrogen-bond donors (Lipinski definition) is 3. The summed E-state index contributed by atoms with van der Waals surface area (Å²) in [5.41, 5.74) is 1.60. The van der Waals surface area contributed by atoms with E-state index in [2.05, 4.69) is 30.6 Å². The number of aromatic nitrogens is 4. The van der Waals surface area contributed by atoms with Crippen LogP contribution in [-0.4, -0.2) is 50.8 Å². The lowest BCUT2D eigenvalue weighted by Gasteiger charge is -2.29. The van der Waals surface area contributed by atoms with Gasteiger partial charge >= 0.3 is 0 Å². The highest BCUT2D eigenvalue weighted by molar-refractivity contribution is 5.97. The molecule has 146 valence electrons. The molecule has 2 aromatic rings. The van der Waals surface area contributed by atoms with E-state index in [0.717, 1.165) is 30.2 Å². The zero-order valence-corrected chi connectivity index (χ0v) is 16.5. The summed E-state index contributed by atoms with van der Waals surface area (Å²) in [5, 5.41) is 13.0. The summed E-state index contributed by atoms with van der Waals surface area (Å²) in [4.78, 5) is 29.9. The minimum absolute atomic E-state index is 0.227. The van der Waals surface area contributed by atoms with E-state index in [1.807, 2.05) is 34.0 Å². The number of rotatable bonds is 4. The Balaban J connectivity index is 1.97. The summed E-state index contributed by atoms with van der Waals surface area (Å²) in [5.74, 6) is 0.146. The van der Waals surface area contributed by atoms with E-state index in [4.69, 9.17) is 0 Å². The molecule has 2 amide bonds. The number of hydrogen-bond acceptors (Lipinski definition) is 5. The van der Waals surface area contributed by atoms with Gasteiger partial charge < -0.3 is 20.5 Å². The van der Waals surface area contributed by atoms with Crippen LogP contribution in [0.1, 0.15) is 37.0 Å². The van der Waals surface area contributed by atoms with Crippen molar-refractivity contribution in [3.8, 4) is 11.4 Å². The van der Waals surface area contributed by atoms with Crippen LogP contribution in [-0.2, 0) is 24.9 Å². The topological polar surface area (TPSA) is 106 Å². The summed E-state index contributed by atoms with van der Waals surface area (Å²) in [6, 6.07) is -0.661. The van der Waals surface area contributed by atoms with Crippen LogP contribution in [0.15, 0.2) is 12.4 Å². The lowest BCUT2D eigenvalue weighted by Crippen LogP contribution is -2.53. The normalized spacial score (nSPS) is 15.1. The van der Waals surface area contributed by atoms with Gasteiger partial charge in [0.15, 0.2) is 5.69 Å². The molecule has 9 heteroatoms. The molecular formula is C18H27N7O2. The highest BCUT2D eigenvalue weighted by Gasteiger charge is 2.34. The fraction of sp³-hybridized carbons (Fsp3) is 0.556. The van der Waals surface area contributed by atoms with E-state index in [9.17, 15) is 9.59 Å². The number of likely N-dealkylation sites (N-methyl/N-ethyl adjacent to an activating group) is 1. The van der Waals surface area contributed by atoms with Gasteiger partial charge in [0.05, 0.1) is 17.5 Å². The van der Waals surface area contributed by atoms with Gasteiger partial charge in [-0.15, -0.1) is 0 Å². The Morgan fingerprint density at radius 3 is 2.67 bits per heavy atom. The van der Waals surface area contributed by atoms with Crippen LogP contribution in [0.3, 0.4) is 0 Å². The molecule has 0 fully saturated rings. The van der Waals surface area contributed by atoms with Crippen molar-refractivity contribution in [2.75, 3.05) is 13.6 Å². The highest BCUT2D eigenvalue weighted by Crippen LogP contribution is 2.25. The van der Waals surface area contributed by atoms with Crippen molar-refractivity contribution in [1.29, 1.82) is 0 Å². The first-order chi connectivity index (χ1) is 12.7. The summed E-state index contributed by atoms with van der Waals surface area (Å²) in [6.45, 7) is 7.82. The molecule has 2 aromatic heterocycles. The molecule has 3 rings (SSSR count). The van der Waals surface area contributed by atoms with Gasteiger partial charge in [-0.3, -0.25) is 14.3 Å². The average Bonchev–Trinajstić information content (AvgIpc) is 3.21. The maximum atomic E-state index is 13.0. The maximum absolute atomic E-state index is 13.0. The summed E-state index contributed by atoms with van der Waals surface area (Å²) >= 11 is 0. The van der Waals surface area contributed by atoms with Gasteiger partial charge in [0.2, 0.25) is 5.91 Å². The minimum Gasteiger partial charge on any atom is -0.357 e. The fourth-order valence-corrected chi connectivity index (χ4v) is 3.26. The van der Waals surface area contributed by atoms with Gasteiger partial charge in [-0.2, -0.15) is 5.10 Å². The van der Waals surface area contributed by atoms with E-state index in [1.165, 1.54) is 0 Å². The summed E-state index contributed by atoms with van der Waals surface area (Å²) < 4.78 is 3.76. The lowest BCUT2D eigenvalue weighted by atomic mass is 9.86. The monoisotopic (exact) mass is 373 g/mol. The van der Waals surface area contributed by atoms with Gasteiger partial charge in [0.1, 0.15) is 11.9 Å². The molecule has 3 heterocycles.